The van der Waals surface area contributed by atoms with Gasteiger partial charge in [0.1, 0.15) is 5.82 Å². The number of anilines is 1. The van der Waals surface area contributed by atoms with Crippen LogP contribution in [0.15, 0.2) is 22.7 Å². The first-order valence-corrected chi connectivity index (χ1v) is 7.55. The quantitative estimate of drug-likeness (QED) is 0.898. The molecule has 2 fully saturated rings. The third-order valence-electron chi connectivity index (χ3n) is 4.47. The number of hydrogen-bond donors (Lipinski definition) is 2. The lowest BCUT2D eigenvalue weighted by Crippen LogP contribution is -2.44. The summed E-state index contributed by atoms with van der Waals surface area (Å²) in [6.07, 6.45) is 2.61. The zero-order chi connectivity index (χ0) is 16.0. The highest BCUT2D eigenvalue weighted by Crippen LogP contribution is 2.38. The first kappa shape index (κ1) is 14.1. The molecule has 1 saturated carbocycles. The van der Waals surface area contributed by atoms with Gasteiger partial charge in [-0.25, -0.2) is 9.18 Å². The number of rotatable bonds is 3. The molecule has 0 radical (unpaired) electrons. The minimum absolute atomic E-state index is 0.0793. The van der Waals surface area contributed by atoms with Crippen LogP contribution >= 0.6 is 0 Å². The van der Waals surface area contributed by atoms with Crippen molar-refractivity contribution in [1.29, 1.82) is 0 Å². The molecule has 8 heteroatoms. The molecule has 0 bridgehead atoms. The number of carbonyl (C=O) groups excluding carboxylic acids is 1. The standard InChI is InChI=1S/C15H16FN5O2/c16-11-3-2-9(21-7-6-18-14(21)22)8-10(11)12-19-13(20-23-12)15(17)4-1-5-15/h2-3,8H,1,4-7,17H2,(H,18,22). The predicted molar refractivity (Wildman–Crippen MR) is 80.2 cm³/mol. The molecule has 2 aromatic rings. The van der Waals surface area contributed by atoms with Gasteiger partial charge in [0.2, 0.25) is 0 Å². The minimum Gasteiger partial charge on any atom is -0.336 e. The fraction of sp³-hybridized carbons (Fsp3) is 0.400. The number of urea groups is 1. The molecule has 2 amide bonds. The average molecular weight is 317 g/mol. The average Bonchev–Trinajstić information content (AvgIpc) is 3.15. The van der Waals surface area contributed by atoms with E-state index in [0.717, 1.165) is 19.3 Å². The van der Waals surface area contributed by atoms with Gasteiger partial charge in [0.05, 0.1) is 11.1 Å². The number of nitrogens with one attached hydrogen (secondary N) is 1. The fourth-order valence-electron chi connectivity index (χ4n) is 2.88. The Morgan fingerprint density at radius 1 is 1.39 bits per heavy atom. The van der Waals surface area contributed by atoms with Gasteiger partial charge in [-0.15, -0.1) is 0 Å². The van der Waals surface area contributed by atoms with E-state index in [1.807, 2.05) is 0 Å². The van der Waals surface area contributed by atoms with Gasteiger partial charge in [0, 0.05) is 18.8 Å². The molecule has 1 aromatic heterocycles. The number of nitrogens with zero attached hydrogens (tertiary/aromatic N) is 3. The molecular formula is C15H16FN5O2. The van der Waals surface area contributed by atoms with Crippen LogP contribution in [0.5, 0.6) is 0 Å². The van der Waals surface area contributed by atoms with Crippen LogP contribution in [0.25, 0.3) is 11.5 Å². The molecule has 0 unspecified atom stereocenters. The molecule has 4 rings (SSSR count). The maximum atomic E-state index is 14.2. The summed E-state index contributed by atoms with van der Waals surface area (Å²) in [7, 11) is 0. The second kappa shape index (κ2) is 5.02. The Labute approximate surface area is 131 Å². The van der Waals surface area contributed by atoms with E-state index < -0.39 is 11.4 Å². The van der Waals surface area contributed by atoms with Crippen molar-refractivity contribution in [2.24, 2.45) is 5.73 Å². The third kappa shape index (κ3) is 2.26. The molecule has 1 saturated heterocycles. The van der Waals surface area contributed by atoms with Crippen molar-refractivity contribution < 1.29 is 13.7 Å². The highest BCUT2D eigenvalue weighted by molar-refractivity contribution is 5.94. The predicted octanol–water partition coefficient (Wildman–Crippen LogP) is 1.74. The lowest BCUT2D eigenvalue weighted by molar-refractivity contribution is 0.229. The minimum atomic E-state index is -0.565. The monoisotopic (exact) mass is 317 g/mol. The van der Waals surface area contributed by atoms with Crippen molar-refractivity contribution in [3.63, 3.8) is 0 Å². The third-order valence-corrected chi connectivity index (χ3v) is 4.47. The SMILES string of the molecule is NC1(c2noc(-c3cc(N4CCNC4=O)ccc3F)n2)CCC1. The van der Waals surface area contributed by atoms with Crippen molar-refractivity contribution in [2.75, 3.05) is 18.0 Å². The van der Waals surface area contributed by atoms with Gasteiger partial charge in [-0.1, -0.05) is 5.16 Å². The molecule has 0 atom stereocenters. The van der Waals surface area contributed by atoms with Gasteiger partial charge in [-0.2, -0.15) is 4.98 Å². The fourth-order valence-corrected chi connectivity index (χ4v) is 2.88. The molecule has 2 aliphatic rings. The van der Waals surface area contributed by atoms with Crippen molar-refractivity contribution >= 4 is 11.7 Å². The number of carbonyl (C=O) groups is 1. The van der Waals surface area contributed by atoms with E-state index in [2.05, 4.69) is 15.5 Å². The second-order valence-corrected chi connectivity index (χ2v) is 5.98. The molecule has 1 aromatic carbocycles. The van der Waals surface area contributed by atoms with E-state index in [-0.39, 0.29) is 17.5 Å². The van der Waals surface area contributed by atoms with Gasteiger partial charge in [-0.05, 0) is 37.5 Å². The highest BCUT2D eigenvalue weighted by atomic mass is 19.1. The zero-order valence-electron chi connectivity index (χ0n) is 12.4. The Morgan fingerprint density at radius 2 is 2.22 bits per heavy atom. The van der Waals surface area contributed by atoms with Gasteiger partial charge >= 0.3 is 6.03 Å². The normalized spacial score (nSPS) is 19.6. The summed E-state index contributed by atoms with van der Waals surface area (Å²) in [5, 5.41) is 6.61. The Kier molecular flexibility index (Phi) is 3.08. The summed E-state index contributed by atoms with van der Waals surface area (Å²) >= 11 is 0. The maximum absolute atomic E-state index is 14.2. The first-order chi connectivity index (χ1) is 11.1. The molecule has 0 spiro atoms. The van der Waals surface area contributed by atoms with Gasteiger partial charge < -0.3 is 15.6 Å². The molecule has 120 valence electrons. The molecule has 1 aliphatic heterocycles. The van der Waals surface area contributed by atoms with Crippen LogP contribution < -0.4 is 16.0 Å². The van der Waals surface area contributed by atoms with E-state index in [0.29, 0.717) is 24.6 Å². The lowest BCUT2D eigenvalue weighted by atomic mass is 9.77. The number of aromatic nitrogens is 2. The number of amides is 2. The van der Waals surface area contributed by atoms with Crippen molar-refractivity contribution in [1.82, 2.24) is 15.5 Å². The molecule has 2 heterocycles. The first-order valence-electron chi connectivity index (χ1n) is 7.55. The maximum Gasteiger partial charge on any atom is 0.321 e. The topological polar surface area (TPSA) is 97.3 Å². The van der Waals surface area contributed by atoms with Crippen LogP contribution in [0.1, 0.15) is 25.1 Å². The largest absolute Gasteiger partial charge is 0.336 e. The second-order valence-electron chi connectivity index (χ2n) is 5.98. The molecule has 3 N–H and O–H groups in total. The smallest absolute Gasteiger partial charge is 0.321 e. The summed E-state index contributed by atoms with van der Waals surface area (Å²) in [6, 6.07) is 4.18. The van der Waals surface area contributed by atoms with Gasteiger partial charge in [-0.3, -0.25) is 4.90 Å². The van der Waals surface area contributed by atoms with Gasteiger partial charge in [0.15, 0.2) is 5.82 Å². The number of benzene rings is 1. The number of halogens is 1. The van der Waals surface area contributed by atoms with Crippen LogP contribution in [-0.2, 0) is 5.54 Å². The van der Waals surface area contributed by atoms with Crippen LogP contribution in [0, 0.1) is 5.82 Å². The molecule has 7 nitrogen and oxygen atoms in total. The Morgan fingerprint density at radius 3 is 2.87 bits per heavy atom. The highest BCUT2D eigenvalue weighted by Gasteiger charge is 2.39. The van der Waals surface area contributed by atoms with E-state index in [1.165, 1.54) is 11.0 Å². The number of nitrogens with two attached hydrogens (primary N) is 1. The Bertz CT molecular complexity index is 771. The summed E-state index contributed by atoms with van der Waals surface area (Å²) < 4.78 is 19.4. The van der Waals surface area contributed by atoms with Crippen LogP contribution in [0.4, 0.5) is 14.9 Å². The van der Waals surface area contributed by atoms with Crippen molar-refractivity contribution in [3.05, 3.63) is 29.8 Å². The van der Waals surface area contributed by atoms with E-state index in [4.69, 9.17) is 10.3 Å². The number of hydrogen-bond acceptors (Lipinski definition) is 5. The van der Waals surface area contributed by atoms with Crippen molar-refractivity contribution in [2.45, 2.75) is 24.8 Å². The van der Waals surface area contributed by atoms with Gasteiger partial charge in [0.25, 0.3) is 5.89 Å². The molecule has 23 heavy (non-hydrogen) atoms. The van der Waals surface area contributed by atoms with Crippen LogP contribution in [0.2, 0.25) is 0 Å². The van der Waals surface area contributed by atoms with E-state index in [9.17, 15) is 9.18 Å². The lowest BCUT2D eigenvalue weighted by Gasteiger charge is -2.34. The summed E-state index contributed by atoms with van der Waals surface area (Å²) in [5.74, 6) is 0.00128. The van der Waals surface area contributed by atoms with Crippen LogP contribution in [-0.4, -0.2) is 29.3 Å². The van der Waals surface area contributed by atoms with Crippen molar-refractivity contribution in [3.8, 4) is 11.5 Å². The Hall–Kier alpha value is -2.48. The Balaban J connectivity index is 1.69. The summed E-state index contributed by atoms with van der Waals surface area (Å²) in [4.78, 5) is 17.5. The molecular weight excluding hydrogens is 301 g/mol. The zero-order valence-corrected chi connectivity index (χ0v) is 12.4. The molecule has 1 aliphatic carbocycles. The van der Waals surface area contributed by atoms with Crippen LogP contribution in [0.3, 0.4) is 0 Å². The summed E-state index contributed by atoms with van der Waals surface area (Å²) in [6.45, 7) is 1.09. The van der Waals surface area contributed by atoms with E-state index >= 15 is 0 Å². The van der Waals surface area contributed by atoms with E-state index in [1.54, 1.807) is 12.1 Å². The summed E-state index contributed by atoms with van der Waals surface area (Å²) in [5.41, 5.74) is 6.35.